The van der Waals surface area contributed by atoms with Crippen LogP contribution in [0.1, 0.15) is 30.5 Å². The molecule has 1 atom stereocenters. The van der Waals surface area contributed by atoms with E-state index < -0.39 is 0 Å². The first-order valence-corrected chi connectivity index (χ1v) is 7.92. The fourth-order valence-corrected chi connectivity index (χ4v) is 3.12. The van der Waals surface area contributed by atoms with Gasteiger partial charge in [0.15, 0.2) is 0 Å². The number of nitrogens with one attached hydrogen (secondary N) is 2. The van der Waals surface area contributed by atoms with Crippen molar-refractivity contribution in [1.82, 2.24) is 20.4 Å². The normalized spacial score (nSPS) is 22.8. The van der Waals surface area contributed by atoms with Gasteiger partial charge in [0, 0.05) is 37.7 Å². The average molecular weight is 292 g/mol. The Hall–Kier alpha value is -1.40. The molecule has 2 heterocycles. The van der Waals surface area contributed by atoms with Crippen molar-refractivity contribution in [3.63, 3.8) is 0 Å². The minimum Gasteiger partial charge on any atom is -0.379 e. The van der Waals surface area contributed by atoms with Gasteiger partial charge in [-0.1, -0.05) is 0 Å². The summed E-state index contributed by atoms with van der Waals surface area (Å²) in [7, 11) is 0. The van der Waals surface area contributed by atoms with Crippen LogP contribution in [0.3, 0.4) is 0 Å². The molecule has 0 bridgehead atoms. The van der Waals surface area contributed by atoms with E-state index in [4.69, 9.17) is 4.74 Å². The third kappa shape index (κ3) is 4.04. The number of carbonyl (C=O) groups excluding carboxylic acids is 1. The number of morpholine rings is 1. The Bertz CT molecular complexity index is 468. The number of hydrogen-bond donors (Lipinski definition) is 2. The van der Waals surface area contributed by atoms with Crippen LogP contribution in [0, 0.1) is 0 Å². The Morgan fingerprint density at radius 3 is 3.19 bits per heavy atom. The lowest BCUT2D eigenvalue weighted by Gasteiger charge is -2.26. The van der Waals surface area contributed by atoms with Crippen molar-refractivity contribution < 1.29 is 9.53 Å². The van der Waals surface area contributed by atoms with E-state index in [1.807, 2.05) is 6.20 Å². The molecule has 0 spiro atoms. The summed E-state index contributed by atoms with van der Waals surface area (Å²) in [5.41, 5.74) is 2.48. The van der Waals surface area contributed by atoms with Crippen molar-refractivity contribution in [3.8, 4) is 0 Å². The molecule has 1 unspecified atom stereocenters. The second-order valence-corrected chi connectivity index (χ2v) is 5.94. The molecule has 6 heteroatoms. The Labute approximate surface area is 125 Å². The maximum atomic E-state index is 12.0. The number of aromatic amines is 1. The highest BCUT2D eigenvalue weighted by Gasteiger charge is 2.21. The molecule has 1 amide bonds. The van der Waals surface area contributed by atoms with Gasteiger partial charge in [-0.15, -0.1) is 0 Å². The SMILES string of the molecule is O=C(CCCN1CCOCC1)NC1CCc2cn[nH]c2C1. The monoisotopic (exact) mass is 292 g/mol. The summed E-state index contributed by atoms with van der Waals surface area (Å²) in [4.78, 5) is 14.4. The zero-order valence-electron chi connectivity index (χ0n) is 12.4. The summed E-state index contributed by atoms with van der Waals surface area (Å²) >= 11 is 0. The fraction of sp³-hybridized carbons (Fsp3) is 0.733. The molecule has 3 rings (SSSR count). The van der Waals surface area contributed by atoms with Gasteiger partial charge in [-0.25, -0.2) is 0 Å². The molecule has 1 saturated heterocycles. The van der Waals surface area contributed by atoms with E-state index in [0.717, 1.165) is 58.5 Å². The van der Waals surface area contributed by atoms with Crippen molar-refractivity contribution in [2.75, 3.05) is 32.8 Å². The van der Waals surface area contributed by atoms with E-state index in [-0.39, 0.29) is 11.9 Å². The van der Waals surface area contributed by atoms with Crippen molar-refractivity contribution in [1.29, 1.82) is 0 Å². The second-order valence-electron chi connectivity index (χ2n) is 5.94. The van der Waals surface area contributed by atoms with Crippen LogP contribution in [-0.2, 0) is 22.4 Å². The Morgan fingerprint density at radius 1 is 1.48 bits per heavy atom. The number of aryl methyl sites for hydroxylation is 1. The number of fused-ring (bicyclic) bond motifs is 1. The molecule has 0 saturated carbocycles. The molecular weight excluding hydrogens is 268 g/mol. The van der Waals surface area contributed by atoms with Gasteiger partial charge in [0.1, 0.15) is 0 Å². The van der Waals surface area contributed by atoms with Crippen LogP contribution in [0.2, 0.25) is 0 Å². The van der Waals surface area contributed by atoms with Crippen molar-refractivity contribution in [2.24, 2.45) is 0 Å². The third-order valence-corrected chi connectivity index (χ3v) is 4.37. The smallest absolute Gasteiger partial charge is 0.220 e. The van der Waals surface area contributed by atoms with Crippen LogP contribution >= 0.6 is 0 Å². The Morgan fingerprint density at radius 2 is 2.33 bits per heavy atom. The molecule has 6 nitrogen and oxygen atoms in total. The molecule has 21 heavy (non-hydrogen) atoms. The molecular formula is C15H24N4O2. The molecule has 1 aliphatic heterocycles. The molecule has 2 aliphatic rings. The maximum absolute atomic E-state index is 12.0. The number of carbonyl (C=O) groups is 1. The second kappa shape index (κ2) is 7.04. The van der Waals surface area contributed by atoms with Gasteiger partial charge in [-0.3, -0.25) is 14.8 Å². The predicted octanol–water partition coefficient (Wildman–Crippen LogP) is 0.496. The van der Waals surface area contributed by atoms with Gasteiger partial charge < -0.3 is 10.1 Å². The average Bonchev–Trinajstić information content (AvgIpc) is 2.96. The van der Waals surface area contributed by atoms with E-state index in [1.54, 1.807) is 0 Å². The standard InChI is InChI=1S/C15H24N4O2/c20-15(2-1-5-19-6-8-21-9-7-19)17-13-4-3-12-11-16-18-14(12)10-13/h11,13H,1-10H2,(H,16,18)(H,17,20). The van der Waals surface area contributed by atoms with Crippen LogP contribution in [0.25, 0.3) is 0 Å². The lowest BCUT2D eigenvalue weighted by Crippen LogP contribution is -2.40. The van der Waals surface area contributed by atoms with Crippen molar-refractivity contribution in [2.45, 2.75) is 38.1 Å². The topological polar surface area (TPSA) is 70.2 Å². The lowest BCUT2D eigenvalue weighted by molar-refractivity contribution is -0.122. The number of amides is 1. The zero-order valence-corrected chi connectivity index (χ0v) is 12.4. The molecule has 1 aliphatic carbocycles. The zero-order chi connectivity index (χ0) is 14.5. The Kier molecular flexibility index (Phi) is 4.87. The summed E-state index contributed by atoms with van der Waals surface area (Å²) in [6.45, 7) is 4.62. The summed E-state index contributed by atoms with van der Waals surface area (Å²) in [6, 6.07) is 0.258. The van der Waals surface area contributed by atoms with Crippen LogP contribution < -0.4 is 5.32 Å². The van der Waals surface area contributed by atoms with Gasteiger partial charge in [0.2, 0.25) is 5.91 Å². The predicted molar refractivity (Wildman–Crippen MR) is 79.0 cm³/mol. The molecule has 0 radical (unpaired) electrons. The molecule has 116 valence electrons. The molecule has 2 N–H and O–H groups in total. The van der Waals surface area contributed by atoms with Crippen LogP contribution in [0.15, 0.2) is 6.20 Å². The van der Waals surface area contributed by atoms with Crippen LogP contribution in [-0.4, -0.2) is 59.9 Å². The van der Waals surface area contributed by atoms with Crippen LogP contribution in [0.5, 0.6) is 0 Å². The number of nitrogens with zero attached hydrogens (tertiary/aromatic N) is 2. The minimum atomic E-state index is 0.177. The molecule has 1 aromatic heterocycles. The lowest BCUT2D eigenvalue weighted by atomic mass is 9.93. The number of aromatic nitrogens is 2. The first kappa shape index (κ1) is 14.5. The molecule has 0 aromatic carbocycles. The molecule has 1 fully saturated rings. The summed E-state index contributed by atoms with van der Waals surface area (Å²) in [6.07, 6.45) is 6.34. The number of ether oxygens (including phenoxy) is 1. The number of hydrogen-bond acceptors (Lipinski definition) is 4. The van der Waals surface area contributed by atoms with E-state index in [0.29, 0.717) is 6.42 Å². The van der Waals surface area contributed by atoms with Gasteiger partial charge in [0.25, 0.3) is 0 Å². The molecule has 1 aromatic rings. The van der Waals surface area contributed by atoms with Gasteiger partial charge in [-0.05, 0) is 31.4 Å². The van der Waals surface area contributed by atoms with Crippen molar-refractivity contribution >= 4 is 5.91 Å². The van der Waals surface area contributed by atoms with E-state index in [9.17, 15) is 4.79 Å². The number of rotatable bonds is 5. The summed E-state index contributed by atoms with van der Waals surface area (Å²) in [5, 5.41) is 10.2. The van der Waals surface area contributed by atoms with Crippen molar-refractivity contribution in [3.05, 3.63) is 17.5 Å². The summed E-state index contributed by atoms with van der Waals surface area (Å²) < 4.78 is 5.32. The van der Waals surface area contributed by atoms with Gasteiger partial charge in [0.05, 0.1) is 19.4 Å². The highest BCUT2D eigenvalue weighted by molar-refractivity contribution is 5.76. The van der Waals surface area contributed by atoms with E-state index in [2.05, 4.69) is 20.4 Å². The largest absolute Gasteiger partial charge is 0.379 e. The van der Waals surface area contributed by atoms with Gasteiger partial charge in [-0.2, -0.15) is 5.10 Å². The maximum Gasteiger partial charge on any atom is 0.220 e. The fourth-order valence-electron chi connectivity index (χ4n) is 3.12. The summed E-state index contributed by atoms with van der Waals surface area (Å²) in [5.74, 6) is 0.177. The number of H-pyrrole nitrogens is 1. The van der Waals surface area contributed by atoms with Gasteiger partial charge >= 0.3 is 0 Å². The highest BCUT2D eigenvalue weighted by atomic mass is 16.5. The highest BCUT2D eigenvalue weighted by Crippen LogP contribution is 2.18. The quantitative estimate of drug-likeness (QED) is 0.829. The first-order valence-electron chi connectivity index (χ1n) is 7.92. The third-order valence-electron chi connectivity index (χ3n) is 4.37. The Balaban J connectivity index is 1.35. The van der Waals surface area contributed by atoms with E-state index in [1.165, 1.54) is 11.3 Å². The first-order chi connectivity index (χ1) is 10.3. The van der Waals surface area contributed by atoms with Crippen LogP contribution in [0.4, 0.5) is 0 Å². The van der Waals surface area contributed by atoms with E-state index >= 15 is 0 Å². The minimum absolute atomic E-state index is 0.177.